The quantitative estimate of drug-likeness (QED) is 0.656. The lowest BCUT2D eigenvalue weighted by Crippen LogP contribution is -2.35. The largest absolute Gasteiger partial charge is 0.271 e. The molecule has 0 aromatic carbocycles. The van der Waals surface area contributed by atoms with E-state index in [0.29, 0.717) is 5.92 Å². The number of halogens is 1. The summed E-state index contributed by atoms with van der Waals surface area (Å²) in [5.74, 6) is 6.48. The molecule has 5 heteroatoms. The summed E-state index contributed by atoms with van der Waals surface area (Å²) < 4.78 is 3.12. The molecule has 4 nitrogen and oxygen atoms in total. The fourth-order valence-electron chi connectivity index (χ4n) is 3.19. The van der Waals surface area contributed by atoms with Gasteiger partial charge in [-0.05, 0) is 41.6 Å². The van der Waals surface area contributed by atoms with Crippen molar-refractivity contribution in [1.29, 1.82) is 0 Å². The maximum atomic E-state index is 5.87. The van der Waals surface area contributed by atoms with E-state index in [1.54, 1.807) is 0 Å². The van der Waals surface area contributed by atoms with Crippen LogP contribution in [0.1, 0.15) is 63.6 Å². The van der Waals surface area contributed by atoms with Gasteiger partial charge in [0.25, 0.3) is 0 Å². The molecule has 1 unspecified atom stereocenters. The SMILES string of the molecule is CCn1ncc(Br)c1C(NN)C1CCCCCCC1. The summed E-state index contributed by atoms with van der Waals surface area (Å²) in [6, 6.07) is 0.204. The Balaban J connectivity index is 2.19. The van der Waals surface area contributed by atoms with Gasteiger partial charge in [0.2, 0.25) is 0 Å². The summed E-state index contributed by atoms with van der Waals surface area (Å²) in [4.78, 5) is 0. The molecule has 1 aromatic rings. The third-order valence-electron chi connectivity index (χ3n) is 4.23. The van der Waals surface area contributed by atoms with E-state index in [1.807, 2.05) is 10.9 Å². The number of nitrogens with one attached hydrogen (secondary N) is 1. The van der Waals surface area contributed by atoms with E-state index in [4.69, 9.17) is 5.84 Å². The molecule has 1 atom stereocenters. The zero-order chi connectivity index (χ0) is 13.7. The van der Waals surface area contributed by atoms with Gasteiger partial charge in [-0.1, -0.05) is 32.1 Å². The maximum Gasteiger partial charge on any atom is 0.0711 e. The molecule has 0 bridgehead atoms. The monoisotopic (exact) mass is 328 g/mol. The highest BCUT2D eigenvalue weighted by Crippen LogP contribution is 2.35. The number of aromatic nitrogens is 2. The molecule has 1 fully saturated rings. The van der Waals surface area contributed by atoms with E-state index < -0.39 is 0 Å². The first kappa shape index (κ1) is 15.0. The van der Waals surface area contributed by atoms with E-state index in [-0.39, 0.29) is 6.04 Å². The topological polar surface area (TPSA) is 55.9 Å². The molecule has 108 valence electrons. The summed E-state index contributed by atoms with van der Waals surface area (Å²) in [7, 11) is 0. The highest BCUT2D eigenvalue weighted by atomic mass is 79.9. The minimum absolute atomic E-state index is 0.204. The second kappa shape index (κ2) is 7.41. The highest BCUT2D eigenvalue weighted by Gasteiger charge is 2.27. The molecule has 0 amide bonds. The van der Waals surface area contributed by atoms with Crippen molar-refractivity contribution in [1.82, 2.24) is 15.2 Å². The smallest absolute Gasteiger partial charge is 0.0711 e. The van der Waals surface area contributed by atoms with Crippen molar-refractivity contribution in [3.8, 4) is 0 Å². The third-order valence-corrected chi connectivity index (χ3v) is 4.84. The number of hydrogen-bond donors (Lipinski definition) is 2. The minimum Gasteiger partial charge on any atom is -0.271 e. The van der Waals surface area contributed by atoms with Gasteiger partial charge in [-0.2, -0.15) is 5.10 Å². The van der Waals surface area contributed by atoms with Crippen LogP contribution in [0.2, 0.25) is 0 Å². The zero-order valence-electron chi connectivity index (χ0n) is 11.7. The summed E-state index contributed by atoms with van der Waals surface area (Å²) in [6.45, 7) is 3.00. The molecule has 19 heavy (non-hydrogen) atoms. The van der Waals surface area contributed by atoms with Crippen LogP contribution in [0, 0.1) is 5.92 Å². The van der Waals surface area contributed by atoms with Crippen LogP contribution < -0.4 is 11.3 Å². The lowest BCUT2D eigenvalue weighted by molar-refractivity contribution is 0.278. The van der Waals surface area contributed by atoms with E-state index in [9.17, 15) is 0 Å². The molecule has 1 heterocycles. The average molecular weight is 329 g/mol. The van der Waals surface area contributed by atoms with Gasteiger partial charge in [-0.15, -0.1) is 0 Å². The van der Waals surface area contributed by atoms with Crippen molar-refractivity contribution in [3.63, 3.8) is 0 Å². The van der Waals surface area contributed by atoms with Crippen LogP contribution in [0.4, 0.5) is 0 Å². The predicted molar refractivity (Wildman–Crippen MR) is 81.5 cm³/mol. The van der Waals surface area contributed by atoms with Crippen molar-refractivity contribution in [3.05, 3.63) is 16.4 Å². The Bertz CT molecular complexity index is 383. The second-order valence-corrected chi connectivity index (χ2v) is 6.30. The Morgan fingerprint density at radius 1 is 1.37 bits per heavy atom. The Labute approximate surface area is 124 Å². The molecule has 2 rings (SSSR count). The number of hydrazine groups is 1. The van der Waals surface area contributed by atoms with Gasteiger partial charge in [-0.3, -0.25) is 16.0 Å². The van der Waals surface area contributed by atoms with E-state index in [0.717, 1.165) is 11.0 Å². The summed E-state index contributed by atoms with van der Waals surface area (Å²) in [6.07, 6.45) is 11.2. The minimum atomic E-state index is 0.204. The van der Waals surface area contributed by atoms with Gasteiger partial charge >= 0.3 is 0 Å². The molecule has 0 radical (unpaired) electrons. The van der Waals surface area contributed by atoms with Crippen LogP contribution in [-0.2, 0) is 6.54 Å². The zero-order valence-corrected chi connectivity index (χ0v) is 13.3. The predicted octanol–water partition coefficient (Wildman–Crippen LogP) is 3.53. The molecule has 0 aliphatic heterocycles. The van der Waals surface area contributed by atoms with Crippen molar-refractivity contribution in [2.24, 2.45) is 11.8 Å². The Morgan fingerprint density at radius 2 is 2.00 bits per heavy atom. The van der Waals surface area contributed by atoms with Crippen LogP contribution >= 0.6 is 15.9 Å². The molecular weight excluding hydrogens is 304 g/mol. The third kappa shape index (κ3) is 3.58. The number of aryl methyl sites for hydroxylation is 1. The second-order valence-electron chi connectivity index (χ2n) is 5.44. The van der Waals surface area contributed by atoms with Gasteiger partial charge < -0.3 is 0 Å². The molecular formula is C14H25BrN4. The molecule has 3 N–H and O–H groups in total. The standard InChI is InChI=1S/C14H25BrN4/c1-2-19-14(12(15)10-17-19)13(18-16)11-8-6-4-3-5-7-9-11/h10-11,13,18H,2-9,16H2,1H3. The van der Waals surface area contributed by atoms with E-state index in [1.165, 1.54) is 50.6 Å². The lowest BCUT2D eigenvalue weighted by Gasteiger charge is -2.29. The average Bonchev–Trinajstić information content (AvgIpc) is 2.74. The molecule has 1 aromatic heterocycles. The van der Waals surface area contributed by atoms with Gasteiger partial charge in [0.05, 0.1) is 22.4 Å². The van der Waals surface area contributed by atoms with Gasteiger partial charge in [-0.25, -0.2) is 0 Å². The first-order chi connectivity index (χ1) is 9.27. The molecule has 0 spiro atoms. The molecule has 0 saturated heterocycles. The van der Waals surface area contributed by atoms with Crippen LogP contribution in [0.5, 0.6) is 0 Å². The molecule has 1 saturated carbocycles. The first-order valence-electron chi connectivity index (χ1n) is 7.45. The Morgan fingerprint density at radius 3 is 2.58 bits per heavy atom. The highest BCUT2D eigenvalue weighted by molar-refractivity contribution is 9.10. The van der Waals surface area contributed by atoms with Crippen LogP contribution in [-0.4, -0.2) is 9.78 Å². The fourth-order valence-corrected chi connectivity index (χ4v) is 3.74. The number of nitrogens with zero attached hydrogens (tertiary/aromatic N) is 2. The number of nitrogens with two attached hydrogens (primary N) is 1. The van der Waals surface area contributed by atoms with Gasteiger partial charge in [0.15, 0.2) is 0 Å². The van der Waals surface area contributed by atoms with Crippen molar-refractivity contribution < 1.29 is 0 Å². The maximum absolute atomic E-state index is 5.87. The number of rotatable bonds is 4. The fraction of sp³-hybridized carbons (Fsp3) is 0.786. The van der Waals surface area contributed by atoms with Crippen molar-refractivity contribution >= 4 is 15.9 Å². The van der Waals surface area contributed by atoms with Crippen molar-refractivity contribution in [2.45, 2.75) is 64.5 Å². The van der Waals surface area contributed by atoms with E-state index in [2.05, 4.69) is 33.4 Å². The molecule has 1 aliphatic rings. The first-order valence-corrected chi connectivity index (χ1v) is 8.24. The summed E-state index contributed by atoms with van der Waals surface area (Å²) >= 11 is 3.62. The number of hydrogen-bond acceptors (Lipinski definition) is 3. The van der Waals surface area contributed by atoms with Crippen LogP contribution in [0.25, 0.3) is 0 Å². The van der Waals surface area contributed by atoms with Crippen LogP contribution in [0.15, 0.2) is 10.7 Å². The van der Waals surface area contributed by atoms with E-state index >= 15 is 0 Å². The summed E-state index contributed by atoms with van der Waals surface area (Å²) in [5.41, 5.74) is 4.25. The molecule has 1 aliphatic carbocycles. The Hall–Kier alpha value is -0.390. The van der Waals surface area contributed by atoms with Crippen LogP contribution in [0.3, 0.4) is 0 Å². The van der Waals surface area contributed by atoms with Gasteiger partial charge in [0.1, 0.15) is 0 Å². The van der Waals surface area contributed by atoms with Crippen molar-refractivity contribution in [2.75, 3.05) is 0 Å². The lowest BCUT2D eigenvalue weighted by atomic mass is 9.84. The van der Waals surface area contributed by atoms with Gasteiger partial charge in [0, 0.05) is 6.54 Å². The Kier molecular flexibility index (Phi) is 5.85. The summed E-state index contributed by atoms with van der Waals surface area (Å²) in [5, 5.41) is 4.41. The normalized spacial score (nSPS) is 19.9.